The molecule has 0 bridgehead atoms. The van der Waals surface area contributed by atoms with E-state index in [0.717, 1.165) is 0 Å². The van der Waals surface area contributed by atoms with Crippen LogP contribution >= 0.6 is 0 Å². The van der Waals surface area contributed by atoms with Gasteiger partial charge in [0.25, 0.3) is 0 Å². The summed E-state index contributed by atoms with van der Waals surface area (Å²) >= 11 is 0. The Kier molecular flexibility index (Phi) is 15.3. The summed E-state index contributed by atoms with van der Waals surface area (Å²) < 4.78 is 0. The van der Waals surface area contributed by atoms with Crippen LogP contribution in [0.2, 0.25) is 0 Å². The third-order valence-corrected chi connectivity index (χ3v) is 6.98. The molecule has 0 aliphatic carbocycles. The Balaban J connectivity index is 2.03. The molecular formula is C32H44N6O9. The number of phenols is 1. The van der Waals surface area contributed by atoms with Gasteiger partial charge in [-0.1, -0.05) is 56.3 Å². The van der Waals surface area contributed by atoms with E-state index >= 15 is 0 Å². The van der Waals surface area contributed by atoms with Crippen molar-refractivity contribution in [1.82, 2.24) is 26.6 Å². The molecule has 5 atom stereocenters. The van der Waals surface area contributed by atoms with Crippen LogP contribution in [-0.4, -0.2) is 94.2 Å². The van der Waals surface area contributed by atoms with Crippen molar-refractivity contribution in [2.75, 3.05) is 13.2 Å². The molecule has 0 aliphatic rings. The van der Waals surface area contributed by atoms with Crippen molar-refractivity contribution >= 4 is 35.5 Å². The Labute approximate surface area is 272 Å². The summed E-state index contributed by atoms with van der Waals surface area (Å²) in [5, 5.41) is 40.1. The SMILES string of the molecule is CC(C)C[C@H](NC(=O)[C@H](Cc1ccccc1)NC(=O)CNC(=O)[C@H](C)NC(=O)[C@@H](N)Cc1ccc(O)cc1)C(=O)N[C@@H](CO)C(=O)O. The van der Waals surface area contributed by atoms with Crippen molar-refractivity contribution in [2.24, 2.45) is 11.7 Å². The van der Waals surface area contributed by atoms with Gasteiger partial charge in [-0.2, -0.15) is 0 Å². The summed E-state index contributed by atoms with van der Waals surface area (Å²) in [5.41, 5.74) is 7.35. The van der Waals surface area contributed by atoms with E-state index in [2.05, 4.69) is 26.6 Å². The van der Waals surface area contributed by atoms with E-state index in [1.54, 1.807) is 56.3 Å². The fraction of sp³-hybridized carbons (Fsp3) is 0.438. The number of benzene rings is 2. The van der Waals surface area contributed by atoms with E-state index in [1.807, 2.05) is 0 Å². The van der Waals surface area contributed by atoms with Gasteiger partial charge in [0, 0.05) is 6.42 Å². The Hall–Kier alpha value is -5.02. The highest BCUT2D eigenvalue weighted by molar-refractivity contribution is 5.95. The third kappa shape index (κ3) is 13.5. The van der Waals surface area contributed by atoms with Crippen molar-refractivity contribution in [2.45, 2.75) is 70.2 Å². The van der Waals surface area contributed by atoms with Crippen molar-refractivity contribution in [1.29, 1.82) is 0 Å². The van der Waals surface area contributed by atoms with Crippen molar-refractivity contribution < 1.29 is 44.1 Å². The van der Waals surface area contributed by atoms with E-state index in [9.17, 15) is 44.1 Å². The predicted octanol–water partition coefficient (Wildman–Crippen LogP) is -1.30. The number of carboxylic acids is 1. The van der Waals surface area contributed by atoms with Crippen LogP contribution in [0.1, 0.15) is 38.3 Å². The number of carbonyl (C=O) groups excluding carboxylic acids is 5. The van der Waals surface area contributed by atoms with Crippen LogP contribution in [0.15, 0.2) is 54.6 Å². The number of aromatic hydroxyl groups is 1. The molecule has 15 heteroatoms. The highest BCUT2D eigenvalue weighted by atomic mass is 16.4. The molecule has 0 aliphatic heterocycles. The van der Waals surface area contributed by atoms with Crippen LogP contribution in [0, 0.1) is 5.92 Å². The quantitative estimate of drug-likeness (QED) is 0.0918. The maximum absolute atomic E-state index is 13.4. The second kappa shape index (κ2) is 18.8. The first-order valence-corrected chi connectivity index (χ1v) is 15.1. The molecule has 5 amide bonds. The Morgan fingerprint density at radius 3 is 1.85 bits per heavy atom. The molecule has 0 radical (unpaired) electrons. The molecule has 2 aromatic rings. The number of hydrogen-bond acceptors (Lipinski definition) is 9. The van der Waals surface area contributed by atoms with Crippen LogP contribution in [0.4, 0.5) is 0 Å². The number of phenolic OH excluding ortho intramolecular Hbond substituents is 1. The summed E-state index contributed by atoms with van der Waals surface area (Å²) in [6, 6.07) is 8.95. The van der Waals surface area contributed by atoms with Gasteiger partial charge in [-0.3, -0.25) is 24.0 Å². The molecule has 15 nitrogen and oxygen atoms in total. The van der Waals surface area contributed by atoms with Gasteiger partial charge in [0.2, 0.25) is 29.5 Å². The van der Waals surface area contributed by atoms with Crippen molar-refractivity contribution in [3.05, 3.63) is 65.7 Å². The van der Waals surface area contributed by atoms with Gasteiger partial charge in [-0.05, 0) is 48.9 Å². The standard InChI is InChI=1S/C32H44N6O9/c1-18(2)13-24(30(44)38-26(17-39)32(46)47)37-31(45)25(15-20-7-5-4-6-8-20)36-27(41)16-34-28(42)19(3)35-29(43)23(33)14-21-9-11-22(40)12-10-21/h4-12,18-19,23-26,39-40H,13-17,33H2,1-3H3,(H,34,42)(H,35,43)(H,36,41)(H,37,45)(H,38,44)(H,46,47)/t19-,23-,24-,25-,26-/m0/s1. The molecule has 47 heavy (non-hydrogen) atoms. The fourth-order valence-corrected chi connectivity index (χ4v) is 4.42. The van der Waals surface area contributed by atoms with Crippen molar-refractivity contribution in [3.63, 3.8) is 0 Å². The number of nitrogens with two attached hydrogens (primary N) is 1. The normalized spacial score (nSPS) is 14.1. The second-order valence-electron chi connectivity index (χ2n) is 11.5. The Morgan fingerprint density at radius 1 is 0.702 bits per heavy atom. The summed E-state index contributed by atoms with van der Waals surface area (Å²) in [5.74, 6) is -5.02. The first kappa shape index (κ1) is 38.2. The average Bonchev–Trinajstić information content (AvgIpc) is 3.02. The number of aliphatic carboxylic acids is 1. The summed E-state index contributed by atoms with van der Waals surface area (Å²) in [6.07, 6.45) is 0.330. The van der Waals surface area contributed by atoms with E-state index < -0.39 is 78.9 Å². The van der Waals surface area contributed by atoms with Crippen LogP contribution < -0.4 is 32.3 Å². The zero-order valence-electron chi connectivity index (χ0n) is 26.6. The number of carbonyl (C=O) groups is 6. The first-order valence-electron chi connectivity index (χ1n) is 15.1. The number of amides is 5. The first-order chi connectivity index (χ1) is 22.2. The summed E-state index contributed by atoms with van der Waals surface area (Å²) in [4.78, 5) is 75.6. The highest BCUT2D eigenvalue weighted by Crippen LogP contribution is 2.11. The molecule has 0 spiro atoms. The predicted molar refractivity (Wildman–Crippen MR) is 171 cm³/mol. The number of aliphatic hydroxyl groups is 1. The summed E-state index contributed by atoms with van der Waals surface area (Å²) in [7, 11) is 0. The monoisotopic (exact) mass is 656 g/mol. The van der Waals surface area contributed by atoms with Gasteiger partial charge < -0.3 is 47.6 Å². The van der Waals surface area contributed by atoms with Crippen LogP contribution in [-0.2, 0) is 41.6 Å². The number of rotatable bonds is 18. The molecule has 0 fully saturated rings. The second-order valence-corrected chi connectivity index (χ2v) is 11.5. The molecule has 0 saturated heterocycles. The molecule has 256 valence electrons. The molecule has 0 saturated carbocycles. The average molecular weight is 657 g/mol. The van der Waals surface area contributed by atoms with Gasteiger partial charge in [0.15, 0.2) is 0 Å². The van der Waals surface area contributed by atoms with E-state index in [4.69, 9.17) is 5.73 Å². The molecule has 0 unspecified atom stereocenters. The van der Waals surface area contributed by atoms with Crippen LogP contribution in [0.25, 0.3) is 0 Å². The zero-order valence-corrected chi connectivity index (χ0v) is 26.6. The Morgan fingerprint density at radius 2 is 1.28 bits per heavy atom. The van der Waals surface area contributed by atoms with Gasteiger partial charge in [-0.25, -0.2) is 4.79 Å². The smallest absolute Gasteiger partial charge is 0.328 e. The molecule has 0 heterocycles. The summed E-state index contributed by atoms with van der Waals surface area (Å²) in [6.45, 7) is 3.62. The van der Waals surface area contributed by atoms with E-state index in [1.165, 1.54) is 19.1 Å². The van der Waals surface area contributed by atoms with E-state index in [-0.39, 0.29) is 30.9 Å². The fourth-order valence-electron chi connectivity index (χ4n) is 4.42. The highest BCUT2D eigenvalue weighted by Gasteiger charge is 2.30. The van der Waals surface area contributed by atoms with Crippen molar-refractivity contribution in [3.8, 4) is 5.75 Å². The van der Waals surface area contributed by atoms with Gasteiger partial charge >= 0.3 is 5.97 Å². The topological polar surface area (TPSA) is 249 Å². The van der Waals surface area contributed by atoms with Gasteiger partial charge in [-0.15, -0.1) is 0 Å². The number of hydrogen-bond donors (Lipinski definition) is 9. The largest absolute Gasteiger partial charge is 0.508 e. The lowest BCUT2D eigenvalue weighted by Gasteiger charge is -2.25. The van der Waals surface area contributed by atoms with Gasteiger partial charge in [0.05, 0.1) is 19.2 Å². The molecule has 0 aromatic heterocycles. The van der Waals surface area contributed by atoms with Crippen LogP contribution in [0.3, 0.4) is 0 Å². The lowest BCUT2D eigenvalue weighted by molar-refractivity contribution is -0.143. The number of nitrogens with one attached hydrogen (secondary N) is 5. The molecule has 2 rings (SSSR count). The lowest BCUT2D eigenvalue weighted by atomic mass is 10.0. The van der Waals surface area contributed by atoms with Crippen LogP contribution in [0.5, 0.6) is 5.75 Å². The molecule has 10 N–H and O–H groups in total. The molecular weight excluding hydrogens is 612 g/mol. The lowest BCUT2D eigenvalue weighted by Crippen LogP contribution is -2.58. The minimum atomic E-state index is -1.57. The Bertz CT molecular complexity index is 1370. The molecule has 2 aromatic carbocycles. The number of carboxylic acid groups (broad SMARTS) is 1. The maximum atomic E-state index is 13.4. The minimum Gasteiger partial charge on any atom is -0.508 e. The maximum Gasteiger partial charge on any atom is 0.328 e. The minimum absolute atomic E-state index is 0.0299. The number of aliphatic hydroxyl groups excluding tert-OH is 1. The zero-order chi connectivity index (χ0) is 35.1. The third-order valence-electron chi connectivity index (χ3n) is 6.98. The van der Waals surface area contributed by atoms with Gasteiger partial charge in [0.1, 0.15) is 29.9 Å². The van der Waals surface area contributed by atoms with E-state index in [0.29, 0.717) is 11.1 Å².